The predicted molar refractivity (Wildman–Crippen MR) is 76.9 cm³/mol. The molecule has 4 heteroatoms. The van der Waals surface area contributed by atoms with Gasteiger partial charge in [0.25, 0.3) is 0 Å². The second-order valence-electron chi connectivity index (χ2n) is 4.57. The fourth-order valence-corrected chi connectivity index (χ4v) is 1.83. The number of hydrogen-bond acceptors (Lipinski definition) is 3. The molecule has 1 aromatic carbocycles. The van der Waals surface area contributed by atoms with E-state index in [0.29, 0.717) is 5.69 Å². The average molecular weight is 255 g/mol. The fraction of sp³-hybridized carbons (Fsp3) is 0.200. The highest BCUT2D eigenvalue weighted by Gasteiger charge is 2.16. The lowest BCUT2D eigenvalue weighted by atomic mass is 9.99. The number of benzene rings is 1. The average Bonchev–Trinajstić information content (AvgIpc) is 2.40. The van der Waals surface area contributed by atoms with Crippen LogP contribution in [0.1, 0.15) is 24.0 Å². The molecule has 0 spiro atoms. The zero-order valence-corrected chi connectivity index (χ0v) is 11.1. The van der Waals surface area contributed by atoms with Gasteiger partial charge in [0.2, 0.25) is 5.91 Å². The second kappa shape index (κ2) is 5.52. The van der Waals surface area contributed by atoms with Gasteiger partial charge in [0, 0.05) is 23.8 Å². The van der Waals surface area contributed by atoms with Crippen LogP contribution in [0.15, 0.2) is 42.7 Å². The molecule has 1 unspecified atom stereocenters. The van der Waals surface area contributed by atoms with E-state index in [9.17, 15) is 4.79 Å². The van der Waals surface area contributed by atoms with Gasteiger partial charge in [-0.2, -0.15) is 0 Å². The Bertz CT molecular complexity index is 595. The summed E-state index contributed by atoms with van der Waals surface area (Å²) in [5.41, 5.74) is 9.03. The number of nitrogen functional groups attached to an aromatic ring is 1. The molecule has 2 rings (SSSR count). The van der Waals surface area contributed by atoms with Crippen LogP contribution >= 0.6 is 0 Å². The number of amides is 1. The summed E-state index contributed by atoms with van der Waals surface area (Å²) in [5, 5.41) is 2.91. The summed E-state index contributed by atoms with van der Waals surface area (Å²) < 4.78 is 0. The van der Waals surface area contributed by atoms with Crippen LogP contribution in [0.2, 0.25) is 0 Å². The fourth-order valence-electron chi connectivity index (χ4n) is 1.83. The second-order valence-corrected chi connectivity index (χ2v) is 4.57. The van der Waals surface area contributed by atoms with E-state index in [1.54, 1.807) is 24.5 Å². The smallest absolute Gasteiger partial charge is 0.231 e. The molecule has 0 radical (unpaired) electrons. The molecular formula is C15H17N3O. The summed E-state index contributed by atoms with van der Waals surface area (Å²) in [5.74, 6) is -0.309. The minimum Gasteiger partial charge on any atom is -0.399 e. The van der Waals surface area contributed by atoms with Gasteiger partial charge < -0.3 is 11.1 Å². The summed E-state index contributed by atoms with van der Waals surface area (Å²) >= 11 is 0. The lowest BCUT2D eigenvalue weighted by Gasteiger charge is -2.14. The highest BCUT2D eigenvalue weighted by atomic mass is 16.1. The normalized spacial score (nSPS) is 11.9. The number of nitrogens with zero attached hydrogens (tertiary/aromatic N) is 1. The molecule has 0 saturated carbocycles. The van der Waals surface area contributed by atoms with Gasteiger partial charge >= 0.3 is 0 Å². The standard InChI is InChI=1S/C15H17N3O/c1-10-9-17-7-6-14(10)18-15(19)11(2)12-4-3-5-13(16)8-12/h3-9,11H,16H2,1-2H3,(H,17,18,19). The van der Waals surface area contributed by atoms with Gasteiger partial charge in [-0.15, -0.1) is 0 Å². The van der Waals surface area contributed by atoms with Crippen LogP contribution < -0.4 is 11.1 Å². The van der Waals surface area contributed by atoms with E-state index in [2.05, 4.69) is 10.3 Å². The molecule has 19 heavy (non-hydrogen) atoms. The number of anilines is 2. The largest absolute Gasteiger partial charge is 0.399 e. The zero-order chi connectivity index (χ0) is 13.8. The number of nitrogens with one attached hydrogen (secondary N) is 1. The molecule has 1 atom stereocenters. The van der Waals surface area contributed by atoms with Crippen LogP contribution in [0.4, 0.5) is 11.4 Å². The van der Waals surface area contributed by atoms with E-state index < -0.39 is 0 Å². The maximum atomic E-state index is 12.2. The Morgan fingerprint density at radius 2 is 2.16 bits per heavy atom. The molecular weight excluding hydrogens is 238 g/mol. The first-order valence-corrected chi connectivity index (χ1v) is 6.15. The van der Waals surface area contributed by atoms with Crippen molar-refractivity contribution in [3.8, 4) is 0 Å². The summed E-state index contributed by atoms with van der Waals surface area (Å²) in [6.45, 7) is 3.77. The van der Waals surface area contributed by atoms with Crippen molar-refractivity contribution in [2.24, 2.45) is 0 Å². The van der Waals surface area contributed by atoms with Crippen molar-refractivity contribution in [3.05, 3.63) is 53.9 Å². The maximum Gasteiger partial charge on any atom is 0.231 e. The molecule has 0 fully saturated rings. The van der Waals surface area contributed by atoms with Crippen LogP contribution in [0.3, 0.4) is 0 Å². The quantitative estimate of drug-likeness (QED) is 0.829. The third-order valence-corrected chi connectivity index (χ3v) is 3.08. The summed E-state index contributed by atoms with van der Waals surface area (Å²) in [6.07, 6.45) is 3.38. The molecule has 1 heterocycles. The number of aryl methyl sites for hydroxylation is 1. The van der Waals surface area contributed by atoms with Gasteiger partial charge in [0.05, 0.1) is 5.92 Å². The van der Waals surface area contributed by atoms with Crippen molar-refractivity contribution in [2.45, 2.75) is 19.8 Å². The van der Waals surface area contributed by atoms with Gasteiger partial charge in [-0.3, -0.25) is 9.78 Å². The van der Waals surface area contributed by atoms with Crippen molar-refractivity contribution < 1.29 is 4.79 Å². The minimum atomic E-state index is -0.254. The van der Waals surface area contributed by atoms with Gasteiger partial charge in [-0.25, -0.2) is 0 Å². The summed E-state index contributed by atoms with van der Waals surface area (Å²) in [6, 6.07) is 9.18. The minimum absolute atomic E-state index is 0.0556. The Morgan fingerprint density at radius 1 is 1.37 bits per heavy atom. The molecule has 0 aliphatic heterocycles. The highest BCUT2D eigenvalue weighted by Crippen LogP contribution is 2.20. The van der Waals surface area contributed by atoms with Crippen molar-refractivity contribution in [1.29, 1.82) is 0 Å². The molecule has 1 amide bonds. The number of aromatic nitrogens is 1. The van der Waals surface area contributed by atoms with E-state index in [0.717, 1.165) is 16.8 Å². The first-order chi connectivity index (χ1) is 9.08. The van der Waals surface area contributed by atoms with Crippen molar-refractivity contribution in [1.82, 2.24) is 4.98 Å². The van der Waals surface area contributed by atoms with Gasteiger partial charge in [-0.1, -0.05) is 12.1 Å². The van der Waals surface area contributed by atoms with Gasteiger partial charge in [0.15, 0.2) is 0 Å². The van der Waals surface area contributed by atoms with E-state index in [4.69, 9.17) is 5.73 Å². The topological polar surface area (TPSA) is 68.0 Å². The Balaban J connectivity index is 2.14. The molecule has 1 aromatic heterocycles. The van der Waals surface area contributed by atoms with Crippen LogP contribution in [0, 0.1) is 6.92 Å². The Morgan fingerprint density at radius 3 is 2.84 bits per heavy atom. The van der Waals surface area contributed by atoms with Crippen LogP contribution in [0.5, 0.6) is 0 Å². The number of pyridine rings is 1. The van der Waals surface area contributed by atoms with Crippen molar-refractivity contribution in [2.75, 3.05) is 11.1 Å². The van der Waals surface area contributed by atoms with E-state index in [-0.39, 0.29) is 11.8 Å². The summed E-state index contributed by atoms with van der Waals surface area (Å²) in [4.78, 5) is 16.2. The Hall–Kier alpha value is -2.36. The van der Waals surface area contributed by atoms with E-state index in [1.807, 2.05) is 32.0 Å². The first kappa shape index (κ1) is 13.1. The molecule has 98 valence electrons. The van der Waals surface area contributed by atoms with Crippen LogP contribution in [0.25, 0.3) is 0 Å². The van der Waals surface area contributed by atoms with E-state index in [1.165, 1.54) is 0 Å². The molecule has 4 nitrogen and oxygen atoms in total. The van der Waals surface area contributed by atoms with E-state index >= 15 is 0 Å². The highest BCUT2D eigenvalue weighted by molar-refractivity contribution is 5.96. The Kier molecular flexibility index (Phi) is 3.80. The lowest BCUT2D eigenvalue weighted by molar-refractivity contribution is -0.117. The predicted octanol–water partition coefficient (Wildman–Crippen LogP) is 2.71. The van der Waals surface area contributed by atoms with Crippen molar-refractivity contribution in [3.63, 3.8) is 0 Å². The van der Waals surface area contributed by atoms with Gasteiger partial charge in [0.1, 0.15) is 0 Å². The lowest BCUT2D eigenvalue weighted by Crippen LogP contribution is -2.19. The summed E-state index contributed by atoms with van der Waals surface area (Å²) in [7, 11) is 0. The first-order valence-electron chi connectivity index (χ1n) is 6.15. The number of hydrogen-bond donors (Lipinski definition) is 2. The monoisotopic (exact) mass is 255 g/mol. The number of rotatable bonds is 3. The third kappa shape index (κ3) is 3.10. The number of nitrogens with two attached hydrogens (primary N) is 1. The SMILES string of the molecule is Cc1cnccc1NC(=O)C(C)c1cccc(N)c1. The van der Waals surface area contributed by atoms with Gasteiger partial charge in [-0.05, 0) is 43.2 Å². The molecule has 3 N–H and O–H groups in total. The molecule has 0 bridgehead atoms. The number of carbonyl (C=O) groups excluding carboxylic acids is 1. The molecule has 0 aliphatic rings. The molecule has 2 aromatic rings. The Labute approximate surface area is 112 Å². The third-order valence-electron chi connectivity index (χ3n) is 3.08. The van der Waals surface area contributed by atoms with Crippen LogP contribution in [-0.2, 0) is 4.79 Å². The zero-order valence-electron chi connectivity index (χ0n) is 11.1. The molecule has 0 saturated heterocycles. The molecule has 0 aliphatic carbocycles. The maximum absolute atomic E-state index is 12.2. The van der Waals surface area contributed by atoms with Crippen LogP contribution in [-0.4, -0.2) is 10.9 Å². The van der Waals surface area contributed by atoms with Crippen molar-refractivity contribution >= 4 is 17.3 Å². The number of carbonyl (C=O) groups is 1.